The second kappa shape index (κ2) is 10.2. The van der Waals surface area contributed by atoms with E-state index in [2.05, 4.69) is 10.3 Å². The predicted molar refractivity (Wildman–Crippen MR) is 133 cm³/mol. The summed E-state index contributed by atoms with van der Waals surface area (Å²) in [5.41, 5.74) is 2.53. The van der Waals surface area contributed by atoms with Gasteiger partial charge < -0.3 is 15.3 Å². The summed E-state index contributed by atoms with van der Waals surface area (Å²) >= 11 is 1.23. The van der Waals surface area contributed by atoms with Crippen LogP contribution in [0, 0.1) is 11.6 Å². The van der Waals surface area contributed by atoms with Crippen molar-refractivity contribution in [2.75, 3.05) is 12.4 Å². The predicted octanol–water partition coefficient (Wildman–Crippen LogP) is 6.31. The van der Waals surface area contributed by atoms with Gasteiger partial charge in [-0.1, -0.05) is 42.9 Å². The number of aromatic nitrogens is 1. The molecule has 0 unspecified atom stereocenters. The van der Waals surface area contributed by atoms with Gasteiger partial charge in [0.15, 0.2) is 5.13 Å². The summed E-state index contributed by atoms with van der Waals surface area (Å²) in [6.45, 7) is 1.86. The Morgan fingerprint density at radius 2 is 1.77 bits per heavy atom. The second-order valence-electron chi connectivity index (χ2n) is 8.09. The van der Waals surface area contributed by atoms with Crippen LogP contribution >= 0.6 is 11.3 Å². The van der Waals surface area contributed by atoms with Crippen molar-refractivity contribution >= 4 is 44.2 Å². The van der Waals surface area contributed by atoms with E-state index in [0.717, 1.165) is 0 Å². The first-order valence-corrected chi connectivity index (χ1v) is 11.8. The molecular formula is C26H23F2N3O3S. The fraction of sp³-hybridized carbons (Fsp3) is 0.192. The fourth-order valence-electron chi connectivity index (χ4n) is 3.77. The van der Waals surface area contributed by atoms with Gasteiger partial charge in [0.1, 0.15) is 17.7 Å². The van der Waals surface area contributed by atoms with Crippen LogP contribution in [0.3, 0.4) is 0 Å². The summed E-state index contributed by atoms with van der Waals surface area (Å²) < 4.78 is 28.9. The van der Waals surface area contributed by atoms with Crippen LogP contribution < -0.4 is 5.32 Å². The van der Waals surface area contributed by atoms with E-state index in [4.69, 9.17) is 0 Å². The van der Waals surface area contributed by atoms with Crippen LogP contribution in [0.5, 0.6) is 0 Å². The maximum atomic E-state index is 14.8. The number of carboxylic acid groups (broad SMARTS) is 1. The van der Waals surface area contributed by atoms with E-state index in [1.807, 2.05) is 6.92 Å². The van der Waals surface area contributed by atoms with Gasteiger partial charge in [0.05, 0.1) is 15.9 Å². The molecule has 4 aromatic rings. The Kier molecular flexibility index (Phi) is 7.07. The summed E-state index contributed by atoms with van der Waals surface area (Å²) in [7, 11) is 1.48. The van der Waals surface area contributed by atoms with Crippen molar-refractivity contribution in [2.24, 2.45) is 0 Å². The van der Waals surface area contributed by atoms with E-state index in [0.29, 0.717) is 44.9 Å². The van der Waals surface area contributed by atoms with Crippen molar-refractivity contribution in [3.05, 3.63) is 77.9 Å². The highest BCUT2D eigenvalue weighted by atomic mass is 32.1. The summed E-state index contributed by atoms with van der Waals surface area (Å²) in [4.78, 5) is 29.8. The second-order valence-corrected chi connectivity index (χ2v) is 9.12. The molecule has 0 saturated heterocycles. The van der Waals surface area contributed by atoms with Gasteiger partial charge in [0.2, 0.25) is 0 Å². The van der Waals surface area contributed by atoms with Crippen LogP contribution in [0.1, 0.15) is 30.1 Å². The molecule has 0 spiro atoms. The van der Waals surface area contributed by atoms with Crippen molar-refractivity contribution in [3.63, 3.8) is 0 Å². The average Bonchev–Trinajstić information content (AvgIpc) is 3.24. The largest absolute Gasteiger partial charge is 0.480 e. The first-order valence-electron chi connectivity index (χ1n) is 11.0. The molecule has 0 aliphatic rings. The number of hydrogen-bond donors (Lipinski definition) is 2. The number of thiazole rings is 1. The number of carboxylic acids is 1. The number of amides is 1. The Hall–Kier alpha value is -3.85. The van der Waals surface area contributed by atoms with Gasteiger partial charge in [-0.2, -0.15) is 0 Å². The molecule has 3 aromatic carbocycles. The molecule has 0 radical (unpaired) electrons. The number of hydrogen-bond acceptors (Lipinski definition) is 5. The van der Waals surface area contributed by atoms with Crippen LogP contribution in [0.4, 0.5) is 19.6 Å². The molecule has 1 atom stereocenters. The number of nitrogens with one attached hydrogen (secondary N) is 1. The number of anilines is 2. The van der Waals surface area contributed by atoms with E-state index < -0.39 is 17.8 Å². The van der Waals surface area contributed by atoms with Crippen molar-refractivity contribution in [1.82, 2.24) is 9.88 Å². The molecule has 4 rings (SSSR count). The molecule has 0 saturated carbocycles. The average molecular weight is 496 g/mol. The minimum atomic E-state index is -1.04. The molecule has 2 N–H and O–H groups in total. The summed E-state index contributed by atoms with van der Waals surface area (Å²) in [5.74, 6) is -2.28. The van der Waals surface area contributed by atoms with Crippen LogP contribution in [0.2, 0.25) is 0 Å². The number of nitrogens with zero attached hydrogens (tertiary/aromatic N) is 2. The number of rotatable bonds is 8. The monoisotopic (exact) mass is 495 g/mol. The normalized spacial score (nSPS) is 11.9. The molecule has 35 heavy (non-hydrogen) atoms. The van der Waals surface area contributed by atoms with Gasteiger partial charge in [0.25, 0.3) is 5.91 Å². The maximum Gasteiger partial charge on any atom is 0.326 e. The lowest BCUT2D eigenvalue weighted by Crippen LogP contribution is -2.42. The molecule has 1 amide bonds. The van der Waals surface area contributed by atoms with E-state index in [1.54, 1.807) is 42.5 Å². The third-order valence-electron chi connectivity index (χ3n) is 5.66. The van der Waals surface area contributed by atoms with Crippen LogP contribution in [0.25, 0.3) is 21.3 Å². The number of benzene rings is 3. The highest BCUT2D eigenvalue weighted by molar-refractivity contribution is 7.22. The Morgan fingerprint density at radius 3 is 2.43 bits per heavy atom. The Bertz CT molecular complexity index is 1390. The zero-order valence-corrected chi connectivity index (χ0v) is 19.9. The first-order chi connectivity index (χ1) is 16.8. The van der Waals surface area contributed by atoms with Gasteiger partial charge in [-0.25, -0.2) is 18.6 Å². The SMILES string of the molecule is CCC[C@@H](C(=O)O)N(C)C(=O)c1ccc(-c2ccc(Nc3nc4ccc(F)cc4s3)c(F)c2)cc1. The maximum absolute atomic E-state index is 14.8. The number of aliphatic carboxylic acids is 1. The Morgan fingerprint density at radius 1 is 1.06 bits per heavy atom. The topological polar surface area (TPSA) is 82.5 Å². The zero-order chi connectivity index (χ0) is 25.1. The molecule has 1 aromatic heterocycles. The number of fused-ring (bicyclic) bond motifs is 1. The quantitative estimate of drug-likeness (QED) is 0.299. The standard InChI is InChI=1S/C26H23F2N3O3S/c1-3-4-22(25(33)34)31(2)24(32)16-7-5-15(6-8-16)17-9-11-20(19(28)13-17)29-26-30-21-12-10-18(27)14-23(21)35-26/h5-14,22H,3-4H2,1-2H3,(H,29,30)(H,33,34)/t22-/m0/s1. The van der Waals surface area contributed by atoms with Crippen molar-refractivity contribution in [3.8, 4) is 11.1 Å². The zero-order valence-electron chi connectivity index (χ0n) is 19.1. The Labute approximate surface area is 204 Å². The van der Waals surface area contributed by atoms with Crippen LogP contribution in [-0.4, -0.2) is 40.0 Å². The van der Waals surface area contributed by atoms with Gasteiger partial charge in [0, 0.05) is 12.6 Å². The molecule has 6 nitrogen and oxygen atoms in total. The van der Waals surface area contributed by atoms with E-state index >= 15 is 0 Å². The molecular weight excluding hydrogens is 472 g/mol. The molecule has 1 heterocycles. The molecule has 0 fully saturated rings. The van der Waals surface area contributed by atoms with Gasteiger partial charge in [-0.05, 0) is 60.0 Å². The van der Waals surface area contributed by atoms with Crippen molar-refractivity contribution < 1.29 is 23.5 Å². The van der Waals surface area contributed by atoms with Crippen molar-refractivity contribution in [2.45, 2.75) is 25.8 Å². The van der Waals surface area contributed by atoms with Crippen LogP contribution in [0.15, 0.2) is 60.7 Å². The summed E-state index contributed by atoms with van der Waals surface area (Å²) in [5, 5.41) is 12.8. The van der Waals surface area contributed by atoms with E-state index in [-0.39, 0.29) is 17.4 Å². The first kappa shape index (κ1) is 24.3. The molecule has 180 valence electrons. The highest BCUT2D eigenvalue weighted by Crippen LogP contribution is 2.31. The van der Waals surface area contributed by atoms with Gasteiger partial charge in [-0.15, -0.1) is 0 Å². The smallest absolute Gasteiger partial charge is 0.326 e. The lowest BCUT2D eigenvalue weighted by molar-refractivity contribution is -0.142. The third-order valence-corrected chi connectivity index (χ3v) is 6.59. The molecule has 0 aliphatic carbocycles. The fourth-order valence-corrected chi connectivity index (χ4v) is 4.67. The lowest BCUT2D eigenvalue weighted by atomic mass is 10.0. The minimum Gasteiger partial charge on any atom is -0.480 e. The number of likely N-dealkylation sites (N-methyl/N-ethyl adjacent to an activating group) is 1. The van der Waals surface area contributed by atoms with E-state index in [1.165, 1.54) is 41.5 Å². The molecule has 9 heteroatoms. The highest BCUT2D eigenvalue weighted by Gasteiger charge is 2.26. The Balaban J connectivity index is 1.50. The van der Waals surface area contributed by atoms with Gasteiger partial charge in [-0.3, -0.25) is 4.79 Å². The molecule has 0 aliphatic heterocycles. The number of carbonyl (C=O) groups is 2. The number of carbonyl (C=O) groups excluding carboxylic acids is 1. The van der Waals surface area contributed by atoms with Crippen LogP contribution in [-0.2, 0) is 4.79 Å². The van der Waals surface area contributed by atoms with E-state index in [9.17, 15) is 23.5 Å². The van der Waals surface area contributed by atoms with Gasteiger partial charge >= 0.3 is 5.97 Å². The molecule has 0 bridgehead atoms. The lowest BCUT2D eigenvalue weighted by Gasteiger charge is -2.24. The summed E-state index contributed by atoms with van der Waals surface area (Å²) in [6.07, 6.45) is 1.00. The third kappa shape index (κ3) is 5.30. The van der Waals surface area contributed by atoms with Crippen molar-refractivity contribution in [1.29, 1.82) is 0 Å². The number of halogens is 2. The summed E-state index contributed by atoms with van der Waals surface area (Å²) in [6, 6.07) is 14.7. The minimum absolute atomic E-state index is 0.234.